The summed E-state index contributed by atoms with van der Waals surface area (Å²) in [6, 6.07) is 13.8. The molecule has 1 N–H and O–H groups in total. The van der Waals surface area contributed by atoms with E-state index in [1.165, 1.54) is 5.56 Å². The van der Waals surface area contributed by atoms with Crippen molar-refractivity contribution in [2.75, 3.05) is 17.9 Å². The van der Waals surface area contributed by atoms with E-state index in [1.54, 1.807) is 35.2 Å². The Morgan fingerprint density at radius 2 is 2.00 bits per heavy atom. The van der Waals surface area contributed by atoms with Gasteiger partial charge in [-0.15, -0.1) is 11.3 Å². The van der Waals surface area contributed by atoms with Crippen molar-refractivity contribution < 1.29 is 14.3 Å². The molecule has 0 bridgehead atoms. The SMILES string of the molecule is Cc1ccc(-c2nc(CSCCC(=O)Nc3ccc4c(c3)OCO4)cs2)cc1. The highest BCUT2D eigenvalue weighted by Crippen LogP contribution is 2.34. The smallest absolute Gasteiger partial charge is 0.231 e. The molecule has 0 fully saturated rings. The summed E-state index contributed by atoms with van der Waals surface area (Å²) in [5, 5.41) is 6.03. The third-order valence-electron chi connectivity index (χ3n) is 4.23. The number of ether oxygens (including phenoxy) is 2. The van der Waals surface area contributed by atoms with Gasteiger partial charge in [-0.3, -0.25) is 4.79 Å². The summed E-state index contributed by atoms with van der Waals surface area (Å²) in [6.45, 7) is 2.31. The Bertz CT molecular complexity index is 970. The van der Waals surface area contributed by atoms with Crippen molar-refractivity contribution in [3.8, 4) is 22.1 Å². The molecule has 4 rings (SSSR count). The molecule has 2 heterocycles. The minimum Gasteiger partial charge on any atom is -0.454 e. The molecule has 2 aromatic carbocycles. The first-order valence-electron chi connectivity index (χ1n) is 8.96. The second-order valence-electron chi connectivity index (χ2n) is 6.43. The van der Waals surface area contributed by atoms with Crippen LogP contribution in [0.4, 0.5) is 5.69 Å². The largest absolute Gasteiger partial charge is 0.454 e. The average molecular weight is 413 g/mol. The maximum atomic E-state index is 12.1. The number of benzene rings is 2. The molecule has 0 saturated carbocycles. The van der Waals surface area contributed by atoms with Crippen LogP contribution in [-0.4, -0.2) is 23.4 Å². The van der Waals surface area contributed by atoms with Gasteiger partial charge in [0, 0.05) is 40.6 Å². The van der Waals surface area contributed by atoms with E-state index in [2.05, 4.69) is 41.9 Å². The Morgan fingerprint density at radius 3 is 2.86 bits per heavy atom. The topological polar surface area (TPSA) is 60.5 Å². The van der Waals surface area contributed by atoms with Crippen LogP contribution in [0.2, 0.25) is 0 Å². The van der Waals surface area contributed by atoms with Gasteiger partial charge in [-0.2, -0.15) is 11.8 Å². The third-order valence-corrected chi connectivity index (χ3v) is 6.16. The predicted octanol–water partition coefficient (Wildman–Crippen LogP) is 5.11. The quantitative estimate of drug-likeness (QED) is 0.547. The molecular weight excluding hydrogens is 392 g/mol. The number of amides is 1. The summed E-state index contributed by atoms with van der Waals surface area (Å²) in [6.07, 6.45) is 0.452. The second kappa shape index (κ2) is 8.67. The summed E-state index contributed by atoms with van der Waals surface area (Å²) < 4.78 is 10.6. The van der Waals surface area contributed by atoms with Gasteiger partial charge in [-0.05, 0) is 19.1 Å². The minimum atomic E-state index is -0.00927. The zero-order valence-electron chi connectivity index (χ0n) is 15.4. The highest BCUT2D eigenvalue weighted by molar-refractivity contribution is 7.98. The molecule has 1 amide bonds. The third kappa shape index (κ3) is 4.66. The molecule has 144 valence electrons. The number of rotatable bonds is 7. The Kier molecular flexibility index (Phi) is 5.83. The van der Waals surface area contributed by atoms with Gasteiger partial charge in [0.25, 0.3) is 0 Å². The zero-order valence-corrected chi connectivity index (χ0v) is 17.1. The Labute approximate surface area is 172 Å². The summed E-state index contributed by atoms with van der Waals surface area (Å²) in [5.41, 5.74) is 4.17. The van der Waals surface area contributed by atoms with Crippen LogP contribution < -0.4 is 14.8 Å². The van der Waals surface area contributed by atoms with E-state index in [-0.39, 0.29) is 12.7 Å². The van der Waals surface area contributed by atoms with Crippen LogP contribution in [0, 0.1) is 6.92 Å². The van der Waals surface area contributed by atoms with E-state index in [1.807, 2.05) is 6.07 Å². The van der Waals surface area contributed by atoms with Crippen molar-refractivity contribution in [2.24, 2.45) is 0 Å². The Hall–Kier alpha value is -2.51. The van der Waals surface area contributed by atoms with E-state index in [0.717, 1.165) is 33.5 Å². The van der Waals surface area contributed by atoms with Gasteiger partial charge in [0.1, 0.15) is 5.01 Å². The van der Waals surface area contributed by atoms with E-state index >= 15 is 0 Å². The molecule has 0 spiro atoms. The first kappa shape index (κ1) is 18.8. The first-order chi connectivity index (χ1) is 13.7. The van der Waals surface area contributed by atoms with E-state index in [0.29, 0.717) is 17.9 Å². The number of carbonyl (C=O) groups excluding carboxylic acids is 1. The van der Waals surface area contributed by atoms with Crippen molar-refractivity contribution in [2.45, 2.75) is 19.1 Å². The molecule has 1 aliphatic heterocycles. The number of thiazole rings is 1. The number of fused-ring (bicyclic) bond motifs is 1. The summed E-state index contributed by atoms with van der Waals surface area (Å²) in [7, 11) is 0. The van der Waals surface area contributed by atoms with Gasteiger partial charge in [-0.1, -0.05) is 29.8 Å². The lowest BCUT2D eigenvalue weighted by Crippen LogP contribution is -2.12. The van der Waals surface area contributed by atoms with Gasteiger partial charge in [0.05, 0.1) is 5.69 Å². The van der Waals surface area contributed by atoms with Crippen LogP contribution in [0.3, 0.4) is 0 Å². The van der Waals surface area contributed by atoms with Gasteiger partial charge in [-0.25, -0.2) is 4.98 Å². The molecule has 0 unspecified atom stereocenters. The van der Waals surface area contributed by atoms with Gasteiger partial charge in [0.2, 0.25) is 12.7 Å². The monoisotopic (exact) mass is 412 g/mol. The highest BCUT2D eigenvalue weighted by atomic mass is 32.2. The molecule has 5 nitrogen and oxygen atoms in total. The predicted molar refractivity (Wildman–Crippen MR) is 114 cm³/mol. The number of anilines is 1. The zero-order chi connectivity index (χ0) is 19.3. The Morgan fingerprint density at radius 1 is 1.18 bits per heavy atom. The van der Waals surface area contributed by atoms with Crippen LogP contribution in [-0.2, 0) is 10.5 Å². The number of aryl methyl sites for hydroxylation is 1. The number of nitrogens with one attached hydrogen (secondary N) is 1. The number of hydrogen-bond donors (Lipinski definition) is 1. The van der Waals surface area contributed by atoms with Crippen LogP contribution in [0.1, 0.15) is 17.7 Å². The second-order valence-corrected chi connectivity index (χ2v) is 8.39. The van der Waals surface area contributed by atoms with Crippen LogP contribution in [0.5, 0.6) is 11.5 Å². The average Bonchev–Trinajstić information content (AvgIpc) is 3.35. The maximum absolute atomic E-state index is 12.1. The lowest BCUT2D eigenvalue weighted by Gasteiger charge is -2.06. The van der Waals surface area contributed by atoms with Gasteiger partial charge < -0.3 is 14.8 Å². The number of aromatic nitrogens is 1. The maximum Gasteiger partial charge on any atom is 0.231 e. The van der Waals surface area contributed by atoms with Crippen molar-refractivity contribution in [3.63, 3.8) is 0 Å². The molecule has 7 heteroatoms. The van der Waals surface area contributed by atoms with Crippen LogP contribution >= 0.6 is 23.1 Å². The fourth-order valence-corrected chi connectivity index (χ4v) is 4.50. The summed E-state index contributed by atoms with van der Waals surface area (Å²) >= 11 is 3.37. The van der Waals surface area contributed by atoms with Gasteiger partial charge >= 0.3 is 0 Å². The summed E-state index contributed by atoms with van der Waals surface area (Å²) in [4.78, 5) is 16.8. The van der Waals surface area contributed by atoms with Gasteiger partial charge in [0.15, 0.2) is 11.5 Å². The molecule has 0 radical (unpaired) electrons. The minimum absolute atomic E-state index is 0.00927. The lowest BCUT2D eigenvalue weighted by atomic mass is 10.2. The molecule has 0 saturated heterocycles. The van der Waals surface area contributed by atoms with Crippen LogP contribution in [0.25, 0.3) is 10.6 Å². The molecule has 0 atom stereocenters. The number of carbonyl (C=O) groups is 1. The van der Waals surface area contributed by atoms with Crippen molar-refractivity contribution in [3.05, 3.63) is 59.1 Å². The van der Waals surface area contributed by atoms with E-state index in [9.17, 15) is 4.79 Å². The highest BCUT2D eigenvalue weighted by Gasteiger charge is 2.14. The summed E-state index contributed by atoms with van der Waals surface area (Å²) in [5.74, 6) is 2.92. The standard InChI is InChI=1S/C21H20N2O3S2/c1-14-2-4-15(5-3-14)21-23-17(12-28-21)11-27-9-8-20(24)22-16-6-7-18-19(10-16)26-13-25-18/h2-7,10,12H,8-9,11,13H2,1H3,(H,22,24). The molecular formula is C21H20N2O3S2. The van der Waals surface area contributed by atoms with Crippen molar-refractivity contribution in [1.82, 2.24) is 4.98 Å². The fraction of sp³-hybridized carbons (Fsp3) is 0.238. The Balaban J connectivity index is 1.21. The van der Waals surface area contributed by atoms with Crippen molar-refractivity contribution >= 4 is 34.7 Å². The normalized spacial score (nSPS) is 12.2. The first-order valence-corrected chi connectivity index (χ1v) is 11.0. The van der Waals surface area contributed by atoms with Crippen molar-refractivity contribution in [1.29, 1.82) is 0 Å². The van der Waals surface area contributed by atoms with E-state index < -0.39 is 0 Å². The molecule has 1 aromatic heterocycles. The van der Waals surface area contributed by atoms with Crippen LogP contribution in [0.15, 0.2) is 47.8 Å². The lowest BCUT2D eigenvalue weighted by molar-refractivity contribution is -0.115. The fourth-order valence-electron chi connectivity index (χ4n) is 2.74. The molecule has 3 aromatic rings. The number of hydrogen-bond acceptors (Lipinski definition) is 6. The number of nitrogens with zero attached hydrogens (tertiary/aromatic N) is 1. The molecule has 0 aliphatic carbocycles. The molecule has 1 aliphatic rings. The molecule has 28 heavy (non-hydrogen) atoms. The number of thioether (sulfide) groups is 1. The van der Waals surface area contributed by atoms with E-state index in [4.69, 9.17) is 14.5 Å².